The number of carbonyl (C=O) groups is 2. The van der Waals surface area contributed by atoms with Gasteiger partial charge in [-0.3, -0.25) is 19.7 Å². The smallest absolute Gasteiger partial charge is 0.282 e. The molecule has 0 unspecified atom stereocenters. The van der Waals surface area contributed by atoms with Gasteiger partial charge in [-0.25, -0.2) is 0 Å². The van der Waals surface area contributed by atoms with Gasteiger partial charge in [-0.15, -0.1) is 0 Å². The van der Waals surface area contributed by atoms with Crippen molar-refractivity contribution in [2.75, 3.05) is 5.32 Å². The normalized spacial score (nSPS) is 10.2. The Hall–Kier alpha value is -3.80. The highest BCUT2D eigenvalue weighted by molar-refractivity contribution is 6.10. The number of hydrogen-bond donors (Lipinski definition) is 1. The second-order valence-electron chi connectivity index (χ2n) is 5.50. The predicted molar refractivity (Wildman–Crippen MR) is 97.4 cm³/mol. The van der Waals surface area contributed by atoms with E-state index in [0.717, 1.165) is 0 Å². The first kappa shape index (κ1) is 17.0. The molecule has 0 fully saturated rings. The Morgan fingerprint density at radius 1 is 0.769 bits per heavy atom. The maximum atomic E-state index is 12.4. The van der Waals surface area contributed by atoms with Gasteiger partial charge < -0.3 is 5.32 Å². The van der Waals surface area contributed by atoms with Gasteiger partial charge in [0.1, 0.15) is 5.56 Å². The lowest BCUT2D eigenvalue weighted by Crippen LogP contribution is -2.14. The number of anilines is 1. The highest BCUT2D eigenvalue weighted by Gasteiger charge is 2.19. The van der Waals surface area contributed by atoms with Crippen molar-refractivity contribution in [1.82, 2.24) is 0 Å². The van der Waals surface area contributed by atoms with E-state index in [9.17, 15) is 19.7 Å². The Kier molecular flexibility index (Phi) is 4.85. The molecule has 3 rings (SSSR count). The quantitative estimate of drug-likeness (QED) is 0.428. The monoisotopic (exact) mass is 346 g/mol. The van der Waals surface area contributed by atoms with E-state index in [1.165, 1.54) is 18.2 Å². The minimum atomic E-state index is -0.601. The summed E-state index contributed by atoms with van der Waals surface area (Å²) in [6.45, 7) is 0. The summed E-state index contributed by atoms with van der Waals surface area (Å²) < 4.78 is 0. The molecule has 3 aromatic carbocycles. The molecule has 6 heteroatoms. The highest BCUT2D eigenvalue weighted by atomic mass is 16.6. The van der Waals surface area contributed by atoms with Crippen molar-refractivity contribution < 1.29 is 14.5 Å². The van der Waals surface area contributed by atoms with Crippen LogP contribution in [0, 0.1) is 10.1 Å². The zero-order valence-electron chi connectivity index (χ0n) is 13.6. The summed E-state index contributed by atoms with van der Waals surface area (Å²) in [7, 11) is 0. The molecule has 1 N–H and O–H groups in total. The molecule has 0 radical (unpaired) electrons. The molecule has 6 nitrogen and oxygen atoms in total. The van der Waals surface area contributed by atoms with Crippen LogP contribution >= 0.6 is 0 Å². The van der Waals surface area contributed by atoms with E-state index >= 15 is 0 Å². The summed E-state index contributed by atoms with van der Waals surface area (Å²) in [6.07, 6.45) is 0. The third-order valence-corrected chi connectivity index (χ3v) is 3.79. The number of carbonyl (C=O) groups excluding carboxylic acids is 2. The molecule has 0 aliphatic carbocycles. The second kappa shape index (κ2) is 7.40. The molecule has 0 saturated heterocycles. The molecular formula is C20H14N2O4. The summed E-state index contributed by atoms with van der Waals surface area (Å²) in [6, 6.07) is 21.0. The van der Waals surface area contributed by atoms with Crippen LogP contribution in [0.2, 0.25) is 0 Å². The number of benzene rings is 3. The van der Waals surface area contributed by atoms with Gasteiger partial charge in [0.15, 0.2) is 5.78 Å². The zero-order valence-corrected chi connectivity index (χ0v) is 13.6. The molecular weight excluding hydrogens is 332 g/mol. The van der Waals surface area contributed by atoms with Gasteiger partial charge in [-0.05, 0) is 30.3 Å². The summed E-state index contributed by atoms with van der Waals surface area (Å²) >= 11 is 0. The molecule has 1 amide bonds. The van der Waals surface area contributed by atoms with Gasteiger partial charge in [-0.1, -0.05) is 42.5 Å². The Morgan fingerprint density at radius 2 is 1.35 bits per heavy atom. The number of para-hydroxylation sites is 1. The average molecular weight is 346 g/mol. The molecule has 3 aromatic rings. The van der Waals surface area contributed by atoms with Gasteiger partial charge >= 0.3 is 0 Å². The molecule has 0 atom stereocenters. The topological polar surface area (TPSA) is 89.3 Å². The highest BCUT2D eigenvalue weighted by Crippen LogP contribution is 2.20. The van der Waals surface area contributed by atoms with Crippen molar-refractivity contribution in [3.05, 3.63) is 106 Å². The van der Waals surface area contributed by atoms with Crippen LogP contribution in [-0.2, 0) is 0 Å². The SMILES string of the molecule is O=C(c1ccccc1)c1ccc(NC(=O)c2ccccc2[N+](=O)[O-])cc1. The summed E-state index contributed by atoms with van der Waals surface area (Å²) in [5.41, 5.74) is 1.21. The van der Waals surface area contributed by atoms with Crippen LogP contribution in [0.4, 0.5) is 11.4 Å². The zero-order chi connectivity index (χ0) is 18.5. The van der Waals surface area contributed by atoms with Crippen LogP contribution in [0.25, 0.3) is 0 Å². The van der Waals surface area contributed by atoms with E-state index in [4.69, 9.17) is 0 Å². The van der Waals surface area contributed by atoms with Gasteiger partial charge in [0, 0.05) is 22.9 Å². The minimum absolute atomic E-state index is 0.0260. The van der Waals surface area contributed by atoms with Crippen molar-refractivity contribution in [2.45, 2.75) is 0 Å². The Labute approximate surface area is 149 Å². The van der Waals surface area contributed by atoms with Crippen molar-refractivity contribution in [2.24, 2.45) is 0 Å². The number of hydrogen-bond acceptors (Lipinski definition) is 4. The van der Waals surface area contributed by atoms with E-state index in [1.807, 2.05) is 6.07 Å². The Bertz CT molecular complexity index is 967. The second-order valence-corrected chi connectivity index (χ2v) is 5.50. The largest absolute Gasteiger partial charge is 0.322 e. The van der Waals surface area contributed by atoms with Crippen LogP contribution in [-0.4, -0.2) is 16.6 Å². The third kappa shape index (κ3) is 3.64. The number of nitro benzene ring substituents is 1. The van der Waals surface area contributed by atoms with Gasteiger partial charge in [0.25, 0.3) is 11.6 Å². The number of amides is 1. The molecule has 26 heavy (non-hydrogen) atoms. The molecule has 0 aliphatic heterocycles. The maximum absolute atomic E-state index is 12.4. The van der Waals surface area contributed by atoms with Crippen LogP contribution in [0.1, 0.15) is 26.3 Å². The number of nitrogens with zero attached hydrogens (tertiary/aromatic N) is 1. The molecule has 0 aliphatic rings. The van der Waals surface area contributed by atoms with Crippen molar-refractivity contribution in [3.63, 3.8) is 0 Å². The number of nitrogens with one attached hydrogen (secondary N) is 1. The van der Waals surface area contributed by atoms with Gasteiger partial charge in [-0.2, -0.15) is 0 Å². The van der Waals surface area contributed by atoms with Crippen molar-refractivity contribution >= 4 is 23.1 Å². The average Bonchev–Trinajstić information content (AvgIpc) is 2.68. The third-order valence-electron chi connectivity index (χ3n) is 3.79. The fourth-order valence-corrected chi connectivity index (χ4v) is 2.48. The molecule has 0 bridgehead atoms. The number of rotatable bonds is 5. The maximum Gasteiger partial charge on any atom is 0.282 e. The van der Waals surface area contributed by atoms with Crippen LogP contribution in [0.3, 0.4) is 0 Å². The minimum Gasteiger partial charge on any atom is -0.322 e. The summed E-state index contributed by atoms with van der Waals surface area (Å²) in [5.74, 6) is -0.707. The van der Waals surface area contributed by atoms with Gasteiger partial charge in [0.05, 0.1) is 4.92 Å². The van der Waals surface area contributed by atoms with Crippen molar-refractivity contribution in [1.29, 1.82) is 0 Å². The first-order chi connectivity index (χ1) is 12.6. The number of ketones is 1. The van der Waals surface area contributed by atoms with Crippen LogP contribution < -0.4 is 5.32 Å². The predicted octanol–water partition coefficient (Wildman–Crippen LogP) is 4.08. The molecule has 128 valence electrons. The van der Waals surface area contributed by atoms with Crippen LogP contribution in [0.15, 0.2) is 78.9 Å². The lowest BCUT2D eigenvalue weighted by molar-refractivity contribution is -0.385. The first-order valence-electron chi connectivity index (χ1n) is 7.81. The fourth-order valence-electron chi connectivity index (χ4n) is 2.48. The van der Waals surface area contributed by atoms with E-state index in [2.05, 4.69) is 5.32 Å². The van der Waals surface area contributed by atoms with Crippen molar-refractivity contribution in [3.8, 4) is 0 Å². The van der Waals surface area contributed by atoms with E-state index in [1.54, 1.807) is 54.6 Å². The van der Waals surface area contributed by atoms with Gasteiger partial charge in [0.2, 0.25) is 0 Å². The Morgan fingerprint density at radius 3 is 2.00 bits per heavy atom. The lowest BCUT2D eigenvalue weighted by Gasteiger charge is -2.07. The molecule has 0 spiro atoms. The Balaban J connectivity index is 1.77. The molecule has 0 saturated carbocycles. The summed E-state index contributed by atoms with van der Waals surface area (Å²) in [5, 5.41) is 13.6. The van der Waals surface area contributed by atoms with E-state index < -0.39 is 10.8 Å². The van der Waals surface area contributed by atoms with Crippen LogP contribution in [0.5, 0.6) is 0 Å². The molecule has 0 aromatic heterocycles. The molecule has 0 heterocycles. The van der Waals surface area contributed by atoms with E-state index in [-0.39, 0.29) is 17.0 Å². The first-order valence-corrected chi connectivity index (χ1v) is 7.81. The number of nitro groups is 1. The fraction of sp³-hybridized carbons (Fsp3) is 0. The van der Waals surface area contributed by atoms with E-state index in [0.29, 0.717) is 16.8 Å². The lowest BCUT2D eigenvalue weighted by atomic mass is 10.0. The summed E-state index contributed by atoms with van der Waals surface area (Å²) in [4.78, 5) is 35.1. The standard InChI is InChI=1S/C20H14N2O4/c23-19(14-6-2-1-3-7-14)15-10-12-16(13-11-15)21-20(24)17-8-4-5-9-18(17)22(25)26/h1-13H,(H,21,24).